The van der Waals surface area contributed by atoms with E-state index in [9.17, 15) is 0 Å². The SMILES string of the molecule is Cc1ccc(N(c2ccc3c(c2)c2ccccc2n3-c2ccc(C)cc2)c2ccc3c(c2)c2ccc4ccn(-c5ccccc5)c4c2n3-c2ccccc2)cc1. The predicted molar refractivity (Wildman–Crippen MR) is 236 cm³/mol. The van der Waals surface area contributed by atoms with Gasteiger partial charge in [-0.05, 0) is 111 Å². The summed E-state index contributed by atoms with van der Waals surface area (Å²) in [5, 5.41) is 6.09. The molecule has 3 aromatic heterocycles. The van der Waals surface area contributed by atoms with Gasteiger partial charge in [-0.25, -0.2) is 0 Å². The first kappa shape index (κ1) is 32.2. The average Bonchev–Trinajstić information content (AvgIpc) is 3.93. The van der Waals surface area contributed by atoms with Gasteiger partial charge in [-0.15, -0.1) is 0 Å². The van der Waals surface area contributed by atoms with Crippen LogP contribution in [0.2, 0.25) is 0 Å². The Morgan fingerprint density at radius 2 is 0.893 bits per heavy atom. The molecule has 266 valence electrons. The molecule has 56 heavy (non-hydrogen) atoms. The second-order valence-corrected chi connectivity index (χ2v) is 14.9. The van der Waals surface area contributed by atoms with Crippen LogP contribution in [-0.4, -0.2) is 13.7 Å². The second-order valence-electron chi connectivity index (χ2n) is 14.9. The Kier molecular flexibility index (Phi) is 7.26. The highest BCUT2D eigenvalue weighted by atomic mass is 15.1. The van der Waals surface area contributed by atoms with E-state index in [0.29, 0.717) is 0 Å². The zero-order valence-electron chi connectivity index (χ0n) is 31.3. The molecule has 0 atom stereocenters. The third kappa shape index (κ3) is 5.00. The highest BCUT2D eigenvalue weighted by Gasteiger charge is 2.22. The summed E-state index contributed by atoms with van der Waals surface area (Å²) in [6, 6.07) is 68.6. The maximum atomic E-state index is 2.44. The Morgan fingerprint density at radius 3 is 1.59 bits per heavy atom. The molecule has 0 unspecified atom stereocenters. The van der Waals surface area contributed by atoms with Gasteiger partial charge >= 0.3 is 0 Å². The molecule has 0 aliphatic heterocycles. The third-order valence-electron chi connectivity index (χ3n) is 11.4. The first-order valence-electron chi connectivity index (χ1n) is 19.3. The van der Waals surface area contributed by atoms with E-state index in [0.717, 1.165) is 34.1 Å². The van der Waals surface area contributed by atoms with Crippen LogP contribution in [0.5, 0.6) is 0 Å². The maximum Gasteiger partial charge on any atom is 0.0788 e. The Bertz CT molecular complexity index is 3240. The van der Waals surface area contributed by atoms with Crippen molar-refractivity contribution in [3.05, 3.63) is 205 Å². The van der Waals surface area contributed by atoms with Crippen LogP contribution in [0.25, 0.3) is 71.6 Å². The molecule has 0 aliphatic rings. The molecule has 4 heteroatoms. The van der Waals surface area contributed by atoms with Crippen LogP contribution in [0.3, 0.4) is 0 Å². The normalized spacial score (nSPS) is 11.8. The van der Waals surface area contributed by atoms with E-state index >= 15 is 0 Å². The summed E-state index contributed by atoms with van der Waals surface area (Å²) in [5.41, 5.74) is 15.2. The van der Waals surface area contributed by atoms with Crippen LogP contribution >= 0.6 is 0 Å². The monoisotopic (exact) mass is 718 g/mol. The van der Waals surface area contributed by atoms with Crippen LogP contribution in [0.15, 0.2) is 194 Å². The first-order valence-corrected chi connectivity index (χ1v) is 19.3. The molecule has 0 fully saturated rings. The molecule has 11 aromatic rings. The maximum absolute atomic E-state index is 2.44. The van der Waals surface area contributed by atoms with Crippen molar-refractivity contribution in [1.29, 1.82) is 0 Å². The van der Waals surface area contributed by atoms with Gasteiger partial charge in [0, 0.05) is 67.3 Å². The molecule has 11 rings (SSSR count). The van der Waals surface area contributed by atoms with Gasteiger partial charge in [-0.2, -0.15) is 0 Å². The fourth-order valence-corrected chi connectivity index (χ4v) is 8.71. The third-order valence-corrected chi connectivity index (χ3v) is 11.4. The molecule has 0 aliphatic carbocycles. The van der Waals surface area contributed by atoms with Crippen molar-refractivity contribution in [2.24, 2.45) is 0 Å². The van der Waals surface area contributed by atoms with Crippen molar-refractivity contribution in [3.8, 4) is 17.1 Å². The van der Waals surface area contributed by atoms with Crippen molar-refractivity contribution in [1.82, 2.24) is 13.7 Å². The number of hydrogen-bond donors (Lipinski definition) is 0. The fraction of sp³-hybridized carbons (Fsp3) is 0.0385. The molecule has 0 saturated heterocycles. The summed E-state index contributed by atoms with van der Waals surface area (Å²) in [5.74, 6) is 0. The second kappa shape index (κ2) is 12.6. The van der Waals surface area contributed by atoms with Gasteiger partial charge in [0.05, 0.1) is 27.6 Å². The van der Waals surface area contributed by atoms with Crippen LogP contribution in [-0.2, 0) is 0 Å². The number of nitrogens with zero attached hydrogens (tertiary/aromatic N) is 4. The molecule has 4 nitrogen and oxygen atoms in total. The Morgan fingerprint density at radius 1 is 0.357 bits per heavy atom. The van der Waals surface area contributed by atoms with Crippen molar-refractivity contribution in [2.45, 2.75) is 13.8 Å². The number of para-hydroxylation sites is 3. The van der Waals surface area contributed by atoms with Gasteiger partial charge in [0.2, 0.25) is 0 Å². The summed E-state index contributed by atoms with van der Waals surface area (Å²) >= 11 is 0. The highest BCUT2D eigenvalue weighted by molar-refractivity contribution is 6.19. The predicted octanol–water partition coefficient (Wildman–Crippen LogP) is 13.9. The van der Waals surface area contributed by atoms with Crippen LogP contribution in [0.4, 0.5) is 17.1 Å². The van der Waals surface area contributed by atoms with Crippen molar-refractivity contribution < 1.29 is 0 Å². The number of aromatic nitrogens is 3. The van der Waals surface area contributed by atoms with Gasteiger partial charge < -0.3 is 18.6 Å². The van der Waals surface area contributed by atoms with Gasteiger partial charge in [0.25, 0.3) is 0 Å². The summed E-state index contributed by atoms with van der Waals surface area (Å²) < 4.78 is 7.16. The average molecular weight is 719 g/mol. The molecule has 0 N–H and O–H groups in total. The van der Waals surface area contributed by atoms with Gasteiger partial charge in [-0.1, -0.05) is 102 Å². The highest BCUT2D eigenvalue weighted by Crippen LogP contribution is 2.44. The first-order chi connectivity index (χ1) is 27.6. The van der Waals surface area contributed by atoms with E-state index < -0.39 is 0 Å². The standard InChI is InChI=1S/C52H38N4/c1-35-17-22-40(23-18-35)54(42-26-29-49-46(33-42)44-15-9-10-16-48(44)55(49)41-24-19-36(2)20-25-41)43-27-30-50-47(34-43)45-28-21-37-31-32-53(38-11-5-3-6-12-38)51(37)52(45)56(50)39-13-7-4-8-14-39/h3-34H,1-2H3. The lowest BCUT2D eigenvalue weighted by Gasteiger charge is -2.26. The summed E-state index contributed by atoms with van der Waals surface area (Å²) in [7, 11) is 0. The Hall–Kier alpha value is -7.30. The molecule has 0 amide bonds. The van der Waals surface area contributed by atoms with Crippen LogP contribution in [0, 0.1) is 13.8 Å². The zero-order chi connectivity index (χ0) is 37.3. The number of aryl methyl sites for hydroxylation is 2. The molecular formula is C52H38N4. The zero-order valence-corrected chi connectivity index (χ0v) is 31.3. The fourth-order valence-electron chi connectivity index (χ4n) is 8.71. The van der Waals surface area contributed by atoms with Crippen LogP contribution < -0.4 is 4.90 Å². The molecule has 0 radical (unpaired) electrons. The number of rotatable bonds is 6. The minimum absolute atomic E-state index is 1.11. The van der Waals surface area contributed by atoms with E-state index in [1.54, 1.807) is 0 Å². The molecule has 3 heterocycles. The minimum Gasteiger partial charge on any atom is -0.315 e. The Labute approximate surface area is 325 Å². The van der Waals surface area contributed by atoms with Crippen molar-refractivity contribution in [2.75, 3.05) is 4.90 Å². The minimum atomic E-state index is 1.11. The van der Waals surface area contributed by atoms with E-state index in [1.165, 1.54) is 65.6 Å². The van der Waals surface area contributed by atoms with Gasteiger partial charge in [0.1, 0.15) is 0 Å². The molecule has 0 saturated carbocycles. The smallest absolute Gasteiger partial charge is 0.0788 e. The summed E-state index contributed by atoms with van der Waals surface area (Å²) in [4.78, 5) is 2.41. The molecule has 0 spiro atoms. The van der Waals surface area contributed by atoms with Crippen molar-refractivity contribution in [3.63, 3.8) is 0 Å². The van der Waals surface area contributed by atoms with Gasteiger partial charge in [0.15, 0.2) is 0 Å². The molecule has 0 bridgehead atoms. The lowest BCUT2D eigenvalue weighted by atomic mass is 10.1. The summed E-state index contributed by atoms with van der Waals surface area (Å²) in [6.45, 7) is 4.29. The lowest BCUT2D eigenvalue weighted by molar-refractivity contribution is 1.12. The van der Waals surface area contributed by atoms with Crippen LogP contribution in [0.1, 0.15) is 11.1 Å². The largest absolute Gasteiger partial charge is 0.315 e. The molecular weight excluding hydrogens is 681 g/mol. The summed E-state index contributed by atoms with van der Waals surface area (Å²) in [6.07, 6.45) is 2.20. The number of benzene rings is 8. The Balaban J connectivity index is 1.17. The lowest BCUT2D eigenvalue weighted by Crippen LogP contribution is -2.10. The molecule has 8 aromatic carbocycles. The quantitative estimate of drug-likeness (QED) is 0.167. The topological polar surface area (TPSA) is 18.0 Å². The van der Waals surface area contributed by atoms with E-state index in [1.807, 2.05) is 0 Å². The number of hydrogen-bond acceptors (Lipinski definition) is 1. The van der Waals surface area contributed by atoms with E-state index in [2.05, 4.69) is 227 Å². The van der Waals surface area contributed by atoms with Gasteiger partial charge in [-0.3, -0.25) is 0 Å². The number of fused-ring (bicyclic) bond motifs is 8. The number of anilines is 3. The van der Waals surface area contributed by atoms with E-state index in [4.69, 9.17) is 0 Å². The van der Waals surface area contributed by atoms with E-state index in [-0.39, 0.29) is 0 Å². The van der Waals surface area contributed by atoms with Crippen molar-refractivity contribution >= 4 is 71.6 Å².